The van der Waals surface area contributed by atoms with Gasteiger partial charge in [-0.25, -0.2) is 4.98 Å². The molecule has 0 fully saturated rings. The van der Waals surface area contributed by atoms with E-state index in [0.29, 0.717) is 10.8 Å². The third kappa shape index (κ3) is 3.41. The summed E-state index contributed by atoms with van der Waals surface area (Å²) in [6.45, 7) is 0. The summed E-state index contributed by atoms with van der Waals surface area (Å²) < 4.78 is 0. The molecule has 0 radical (unpaired) electrons. The second-order valence-corrected chi connectivity index (χ2v) is 5.60. The Morgan fingerprint density at radius 1 is 0.913 bits per heavy atom. The van der Waals surface area contributed by atoms with Gasteiger partial charge in [0.05, 0.1) is 5.69 Å². The zero-order valence-corrected chi connectivity index (χ0v) is 13.1. The van der Waals surface area contributed by atoms with Crippen LogP contribution in [0, 0.1) is 0 Å². The maximum Gasteiger partial charge on any atom is 0.231 e. The second-order valence-electron chi connectivity index (χ2n) is 5.22. The number of amides is 1. The fraction of sp³-hybridized carbons (Fsp3) is 0.0526. The highest BCUT2D eigenvalue weighted by atomic mass is 35.5. The highest BCUT2D eigenvalue weighted by Gasteiger charge is 2.22. The van der Waals surface area contributed by atoms with Crippen LogP contribution in [0.25, 0.3) is 11.1 Å². The fourth-order valence-corrected chi connectivity index (χ4v) is 2.80. The van der Waals surface area contributed by atoms with E-state index in [9.17, 15) is 4.79 Å². The van der Waals surface area contributed by atoms with Crippen molar-refractivity contribution in [1.82, 2.24) is 4.98 Å². The molecule has 1 unspecified atom stereocenters. The Bertz CT molecular complexity index is 819. The van der Waals surface area contributed by atoms with Gasteiger partial charge >= 0.3 is 0 Å². The minimum Gasteiger partial charge on any atom is -0.369 e. The maximum atomic E-state index is 12.0. The lowest BCUT2D eigenvalue weighted by Gasteiger charge is -2.15. The van der Waals surface area contributed by atoms with E-state index in [2.05, 4.69) is 4.98 Å². The molecule has 2 aromatic carbocycles. The molecule has 0 bridgehead atoms. The normalized spacial score (nSPS) is 11.9. The molecule has 0 spiro atoms. The highest BCUT2D eigenvalue weighted by Crippen LogP contribution is 2.29. The SMILES string of the molecule is NC(=O)C(c1ccccc1)c1cc(-c2ccccc2)cc(Cl)n1. The molecule has 3 nitrogen and oxygen atoms in total. The van der Waals surface area contributed by atoms with E-state index >= 15 is 0 Å². The lowest BCUT2D eigenvalue weighted by atomic mass is 9.93. The second kappa shape index (κ2) is 6.63. The Hall–Kier alpha value is -2.65. The first-order valence-corrected chi connectivity index (χ1v) is 7.60. The predicted octanol–water partition coefficient (Wildman–Crippen LogP) is 4.02. The Kier molecular flexibility index (Phi) is 4.40. The van der Waals surface area contributed by atoms with E-state index in [1.165, 1.54) is 0 Å². The van der Waals surface area contributed by atoms with Gasteiger partial charge in [-0.15, -0.1) is 0 Å². The van der Waals surface area contributed by atoms with Crippen LogP contribution in [0.4, 0.5) is 0 Å². The van der Waals surface area contributed by atoms with Crippen molar-refractivity contribution in [2.24, 2.45) is 5.73 Å². The quantitative estimate of drug-likeness (QED) is 0.738. The lowest BCUT2D eigenvalue weighted by molar-refractivity contribution is -0.118. The molecule has 0 aliphatic rings. The Morgan fingerprint density at radius 2 is 1.52 bits per heavy atom. The van der Waals surface area contributed by atoms with E-state index < -0.39 is 11.8 Å². The number of pyridine rings is 1. The average molecular weight is 323 g/mol. The van der Waals surface area contributed by atoms with Crippen molar-refractivity contribution in [3.8, 4) is 11.1 Å². The van der Waals surface area contributed by atoms with Crippen molar-refractivity contribution in [2.45, 2.75) is 5.92 Å². The number of halogens is 1. The van der Waals surface area contributed by atoms with Crippen LogP contribution in [0.1, 0.15) is 17.2 Å². The molecule has 1 atom stereocenters. The molecule has 0 saturated heterocycles. The number of hydrogen-bond acceptors (Lipinski definition) is 2. The standard InChI is InChI=1S/C19H15ClN2O/c20-17-12-15(13-7-3-1-4-8-13)11-16(22-17)18(19(21)23)14-9-5-2-6-10-14/h1-12,18H,(H2,21,23). The first kappa shape index (κ1) is 15.3. The maximum absolute atomic E-state index is 12.0. The Labute approximate surface area is 139 Å². The zero-order valence-electron chi connectivity index (χ0n) is 12.3. The monoisotopic (exact) mass is 322 g/mol. The number of hydrogen-bond donors (Lipinski definition) is 1. The van der Waals surface area contributed by atoms with Gasteiger partial charge in [0.2, 0.25) is 5.91 Å². The molecule has 0 saturated carbocycles. The van der Waals surface area contributed by atoms with Crippen LogP contribution in [0.15, 0.2) is 72.8 Å². The number of rotatable bonds is 4. The summed E-state index contributed by atoms with van der Waals surface area (Å²) in [5.41, 5.74) is 8.88. The summed E-state index contributed by atoms with van der Waals surface area (Å²) in [4.78, 5) is 16.3. The van der Waals surface area contributed by atoms with E-state index in [1.54, 1.807) is 6.07 Å². The smallest absolute Gasteiger partial charge is 0.231 e. The molecule has 1 aromatic heterocycles. The Morgan fingerprint density at radius 3 is 2.13 bits per heavy atom. The number of primary amides is 1. The Balaban J connectivity index is 2.11. The number of nitrogens with zero attached hydrogens (tertiary/aromatic N) is 1. The van der Waals surface area contributed by atoms with Crippen LogP contribution in [-0.4, -0.2) is 10.9 Å². The van der Waals surface area contributed by atoms with Crippen molar-refractivity contribution in [3.63, 3.8) is 0 Å². The van der Waals surface area contributed by atoms with Gasteiger partial charge in [-0.2, -0.15) is 0 Å². The van der Waals surface area contributed by atoms with Crippen molar-refractivity contribution < 1.29 is 4.79 Å². The zero-order chi connectivity index (χ0) is 16.2. The molecule has 2 N–H and O–H groups in total. The number of nitrogens with two attached hydrogens (primary N) is 1. The van der Waals surface area contributed by atoms with Crippen LogP contribution in [0.5, 0.6) is 0 Å². The molecule has 114 valence electrons. The summed E-state index contributed by atoms with van der Waals surface area (Å²) >= 11 is 6.17. The van der Waals surface area contributed by atoms with E-state index in [1.807, 2.05) is 66.7 Å². The van der Waals surface area contributed by atoms with Crippen molar-refractivity contribution in [3.05, 3.63) is 89.2 Å². The molecule has 1 amide bonds. The van der Waals surface area contributed by atoms with E-state index in [4.69, 9.17) is 17.3 Å². The van der Waals surface area contributed by atoms with Gasteiger partial charge in [0.25, 0.3) is 0 Å². The van der Waals surface area contributed by atoms with Gasteiger partial charge in [-0.3, -0.25) is 4.79 Å². The number of carbonyl (C=O) groups excluding carboxylic acids is 1. The molecular weight excluding hydrogens is 308 g/mol. The van der Waals surface area contributed by atoms with Gasteiger partial charge in [-0.05, 0) is 28.8 Å². The predicted molar refractivity (Wildman–Crippen MR) is 92.2 cm³/mol. The summed E-state index contributed by atoms with van der Waals surface area (Å²) in [6, 6.07) is 22.8. The lowest BCUT2D eigenvalue weighted by Crippen LogP contribution is -2.23. The molecule has 0 aliphatic carbocycles. The topological polar surface area (TPSA) is 56.0 Å². The van der Waals surface area contributed by atoms with Gasteiger partial charge < -0.3 is 5.73 Å². The van der Waals surface area contributed by atoms with Crippen LogP contribution in [0.3, 0.4) is 0 Å². The third-order valence-corrected chi connectivity index (χ3v) is 3.83. The largest absolute Gasteiger partial charge is 0.369 e. The van der Waals surface area contributed by atoms with E-state index in [0.717, 1.165) is 16.7 Å². The van der Waals surface area contributed by atoms with Crippen LogP contribution >= 0.6 is 11.6 Å². The summed E-state index contributed by atoms with van der Waals surface area (Å²) in [5.74, 6) is -1.08. The van der Waals surface area contributed by atoms with Crippen LogP contribution in [0.2, 0.25) is 5.15 Å². The fourth-order valence-electron chi connectivity index (χ4n) is 2.59. The first-order chi connectivity index (χ1) is 11.1. The molecule has 3 rings (SSSR count). The molecule has 4 heteroatoms. The molecule has 23 heavy (non-hydrogen) atoms. The van der Waals surface area contributed by atoms with Crippen molar-refractivity contribution in [2.75, 3.05) is 0 Å². The van der Waals surface area contributed by atoms with Crippen LogP contribution < -0.4 is 5.73 Å². The van der Waals surface area contributed by atoms with Crippen molar-refractivity contribution in [1.29, 1.82) is 0 Å². The minimum absolute atomic E-state index is 0.337. The average Bonchev–Trinajstić information content (AvgIpc) is 2.56. The molecule has 1 heterocycles. The van der Waals surface area contributed by atoms with Crippen LogP contribution in [-0.2, 0) is 4.79 Å². The number of carbonyl (C=O) groups is 1. The minimum atomic E-state index is -0.627. The summed E-state index contributed by atoms with van der Waals surface area (Å²) in [7, 11) is 0. The van der Waals surface area contributed by atoms with Gasteiger partial charge in [0, 0.05) is 0 Å². The van der Waals surface area contributed by atoms with Gasteiger partial charge in [-0.1, -0.05) is 72.3 Å². The number of aromatic nitrogens is 1. The van der Waals surface area contributed by atoms with Gasteiger partial charge in [0.15, 0.2) is 0 Å². The summed E-state index contributed by atoms with van der Waals surface area (Å²) in [5, 5.41) is 0.337. The molecular formula is C19H15ClN2O. The number of benzene rings is 2. The highest BCUT2D eigenvalue weighted by molar-refractivity contribution is 6.29. The van der Waals surface area contributed by atoms with E-state index in [-0.39, 0.29) is 0 Å². The molecule has 0 aliphatic heterocycles. The van der Waals surface area contributed by atoms with Gasteiger partial charge in [0.1, 0.15) is 11.1 Å². The van der Waals surface area contributed by atoms with Crippen molar-refractivity contribution >= 4 is 17.5 Å². The summed E-state index contributed by atoms with van der Waals surface area (Å²) in [6.07, 6.45) is 0. The molecule has 3 aromatic rings. The first-order valence-electron chi connectivity index (χ1n) is 7.22. The third-order valence-electron chi connectivity index (χ3n) is 3.63.